The molecular formula is C14H13F4N3OS. The van der Waals surface area contributed by atoms with Crippen LogP contribution in [0.5, 0.6) is 0 Å². The number of halogens is 4. The number of carbonyl (C=O) groups excluding carboxylic acids is 1. The van der Waals surface area contributed by atoms with Gasteiger partial charge in [-0.2, -0.15) is 13.2 Å². The van der Waals surface area contributed by atoms with Gasteiger partial charge in [0.25, 0.3) is 0 Å². The number of likely N-dealkylation sites (N-methyl/N-ethyl adjacent to an activating group) is 1. The summed E-state index contributed by atoms with van der Waals surface area (Å²) in [4.78, 5) is 15.4. The summed E-state index contributed by atoms with van der Waals surface area (Å²) >= 11 is 1.29. The molecule has 0 saturated heterocycles. The largest absolute Gasteiger partial charge is 0.419 e. The number of nitrogens with zero attached hydrogens (tertiary/aromatic N) is 1. The molecule has 23 heavy (non-hydrogen) atoms. The summed E-state index contributed by atoms with van der Waals surface area (Å²) in [5.41, 5.74) is -0.590. The third-order valence-corrected chi connectivity index (χ3v) is 3.83. The van der Waals surface area contributed by atoms with Gasteiger partial charge in [0, 0.05) is 18.1 Å². The van der Waals surface area contributed by atoms with Crippen LogP contribution < -0.4 is 10.6 Å². The van der Waals surface area contributed by atoms with Gasteiger partial charge in [-0.25, -0.2) is 9.37 Å². The lowest BCUT2D eigenvalue weighted by Gasteiger charge is -2.11. The van der Waals surface area contributed by atoms with E-state index >= 15 is 0 Å². The van der Waals surface area contributed by atoms with Crippen LogP contribution in [0.15, 0.2) is 23.6 Å². The average molecular weight is 347 g/mol. The van der Waals surface area contributed by atoms with Gasteiger partial charge in [-0.1, -0.05) is 0 Å². The fraction of sp³-hybridized carbons (Fsp3) is 0.286. The quantitative estimate of drug-likeness (QED) is 0.817. The van der Waals surface area contributed by atoms with E-state index in [0.29, 0.717) is 16.8 Å². The third-order valence-electron chi connectivity index (χ3n) is 2.94. The number of rotatable bonds is 5. The molecule has 1 aromatic carbocycles. The number of amides is 1. The lowest BCUT2D eigenvalue weighted by atomic mass is 10.2. The number of nitrogens with one attached hydrogen (secondary N) is 2. The Labute approximate surface area is 133 Å². The minimum Gasteiger partial charge on any atom is -0.379 e. The highest BCUT2D eigenvalue weighted by Crippen LogP contribution is 2.33. The maximum absolute atomic E-state index is 13.2. The maximum atomic E-state index is 13.2. The second-order valence-corrected chi connectivity index (χ2v) is 5.57. The van der Waals surface area contributed by atoms with Crippen LogP contribution in [0.25, 0.3) is 0 Å². The summed E-state index contributed by atoms with van der Waals surface area (Å²) in [6.07, 6.45) is -4.60. The molecule has 0 bridgehead atoms. The molecule has 9 heteroatoms. The molecule has 0 radical (unpaired) electrons. The van der Waals surface area contributed by atoms with Crippen LogP contribution in [-0.4, -0.2) is 17.9 Å². The highest BCUT2D eigenvalue weighted by Gasteiger charge is 2.34. The van der Waals surface area contributed by atoms with Gasteiger partial charge in [-0.3, -0.25) is 4.79 Å². The molecule has 2 aromatic rings. The number of aromatic nitrogens is 1. The Morgan fingerprint density at radius 1 is 1.35 bits per heavy atom. The molecule has 1 aromatic heterocycles. The lowest BCUT2D eigenvalue weighted by Crippen LogP contribution is -2.19. The number of thiazole rings is 1. The number of hydrogen-bond acceptors (Lipinski definition) is 4. The van der Waals surface area contributed by atoms with Crippen molar-refractivity contribution in [1.82, 2.24) is 10.3 Å². The summed E-state index contributed by atoms with van der Waals surface area (Å²) in [5.74, 6) is -1.49. The van der Waals surface area contributed by atoms with Gasteiger partial charge in [0.15, 0.2) is 0 Å². The van der Waals surface area contributed by atoms with Gasteiger partial charge < -0.3 is 10.6 Å². The normalized spacial score (nSPS) is 11.3. The first kappa shape index (κ1) is 17.2. The Morgan fingerprint density at radius 3 is 2.74 bits per heavy atom. The van der Waals surface area contributed by atoms with Gasteiger partial charge in [0.2, 0.25) is 5.91 Å². The number of alkyl halides is 3. The molecule has 0 spiro atoms. The zero-order chi connectivity index (χ0) is 17.0. The fourth-order valence-electron chi connectivity index (χ4n) is 1.78. The molecule has 0 saturated carbocycles. The molecule has 0 aliphatic carbocycles. The molecule has 2 rings (SSSR count). The topological polar surface area (TPSA) is 54.0 Å². The van der Waals surface area contributed by atoms with Crippen molar-refractivity contribution < 1.29 is 22.4 Å². The van der Waals surface area contributed by atoms with Crippen molar-refractivity contribution in [3.05, 3.63) is 45.7 Å². The Morgan fingerprint density at radius 2 is 2.09 bits per heavy atom. The van der Waals surface area contributed by atoms with Crippen molar-refractivity contribution in [2.75, 3.05) is 12.4 Å². The maximum Gasteiger partial charge on any atom is 0.419 e. The van der Waals surface area contributed by atoms with E-state index in [-0.39, 0.29) is 24.6 Å². The van der Waals surface area contributed by atoms with Crippen molar-refractivity contribution >= 4 is 22.9 Å². The SMILES string of the molecule is CNC(=O)Cc1nc(CNc2ccc(F)c(C(F)(F)F)c2)cs1. The summed E-state index contributed by atoms with van der Waals surface area (Å²) in [6.45, 7) is 0.174. The molecule has 4 nitrogen and oxygen atoms in total. The molecule has 0 fully saturated rings. The molecule has 0 aliphatic heterocycles. The van der Waals surface area contributed by atoms with Gasteiger partial charge >= 0.3 is 6.18 Å². The predicted molar refractivity (Wildman–Crippen MR) is 78.6 cm³/mol. The molecular weight excluding hydrogens is 334 g/mol. The molecule has 2 N–H and O–H groups in total. The van der Waals surface area contributed by atoms with Gasteiger partial charge in [-0.15, -0.1) is 11.3 Å². The zero-order valence-corrected chi connectivity index (χ0v) is 12.8. The van der Waals surface area contributed by atoms with E-state index in [4.69, 9.17) is 0 Å². The van der Waals surface area contributed by atoms with Gasteiger partial charge in [0.1, 0.15) is 10.8 Å². The van der Waals surface area contributed by atoms with Crippen molar-refractivity contribution in [2.24, 2.45) is 0 Å². The minimum absolute atomic E-state index is 0.138. The Kier molecular flexibility index (Phi) is 5.19. The first-order chi connectivity index (χ1) is 10.8. The van der Waals surface area contributed by atoms with Crippen LogP contribution in [0.4, 0.5) is 23.2 Å². The monoisotopic (exact) mass is 347 g/mol. The first-order valence-corrected chi connectivity index (χ1v) is 7.42. The predicted octanol–water partition coefficient (Wildman–Crippen LogP) is 3.20. The molecule has 0 aliphatic rings. The van der Waals surface area contributed by atoms with Crippen molar-refractivity contribution in [2.45, 2.75) is 19.1 Å². The molecule has 0 atom stereocenters. The van der Waals surface area contributed by atoms with Crippen LogP contribution >= 0.6 is 11.3 Å². The molecule has 124 valence electrons. The van der Waals surface area contributed by atoms with E-state index in [1.165, 1.54) is 24.5 Å². The van der Waals surface area contributed by atoms with Crippen molar-refractivity contribution in [3.8, 4) is 0 Å². The van der Waals surface area contributed by atoms with E-state index in [1.807, 2.05) is 0 Å². The average Bonchev–Trinajstić information content (AvgIpc) is 2.92. The second kappa shape index (κ2) is 6.95. The van der Waals surface area contributed by atoms with Crippen LogP contribution in [0, 0.1) is 5.82 Å². The molecule has 1 heterocycles. The smallest absolute Gasteiger partial charge is 0.379 e. The van der Waals surface area contributed by atoms with Gasteiger partial charge in [-0.05, 0) is 18.2 Å². The zero-order valence-electron chi connectivity index (χ0n) is 12.0. The summed E-state index contributed by atoms with van der Waals surface area (Å²) in [7, 11) is 1.52. The van der Waals surface area contributed by atoms with E-state index in [2.05, 4.69) is 15.6 Å². The summed E-state index contributed by atoms with van der Waals surface area (Å²) in [6, 6.07) is 2.71. The Balaban J connectivity index is 2.03. The van der Waals surface area contributed by atoms with E-state index in [1.54, 1.807) is 5.38 Å². The van der Waals surface area contributed by atoms with E-state index < -0.39 is 17.6 Å². The van der Waals surface area contributed by atoms with Gasteiger partial charge in [0.05, 0.1) is 24.2 Å². The molecule has 1 amide bonds. The van der Waals surface area contributed by atoms with Crippen molar-refractivity contribution in [1.29, 1.82) is 0 Å². The van der Waals surface area contributed by atoms with Crippen LogP contribution in [0.2, 0.25) is 0 Å². The highest BCUT2D eigenvalue weighted by molar-refractivity contribution is 7.09. The van der Waals surface area contributed by atoms with Crippen LogP contribution in [0.1, 0.15) is 16.3 Å². The third kappa shape index (κ3) is 4.65. The number of anilines is 1. The summed E-state index contributed by atoms with van der Waals surface area (Å²) in [5, 5.41) is 7.55. The number of benzene rings is 1. The highest BCUT2D eigenvalue weighted by atomic mass is 32.1. The van der Waals surface area contributed by atoms with Crippen molar-refractivity contribution in [3.63, 3.8) is 0 Å². The lowest BCUT2D eigenvalue weighted by molar-refractivity contribution is -0.140. The standard InChI is InChI=1S/C14H13F4N3OS/c1-19-12(22)5-13-21-9(7-23-13)6-20-8-2-3-11(15)10(4-8)14(16,17)18/h2-4,7,20H,5-6H2,1H3,(H,19,22). The van der Waals surface area contributed by atoms with Crippen LogP contribution in [-0.2, 0) is 23.9 Å². The number of hydrogen-bond donors (Lipinski definition) is 2. The number of carbonyl (C=O) groups is 1. The molecule has 0 unspecified atom stereocenters. The van der Waals surface area contributed by atoms with E-state index in [9.17, 15) is 22.4 Å². The minimum atomic E-state index is -4.75. The summed E-state index contributed by atoms with van der Waals surface area (Å²) < 4.78 is 51.1. The second-order valence-electron chi connectivity index (χ2n) is 4.63. The Hall–Kier alpha value is -2.16. The first-order valence-electron chi connectivity index (χ1n) is 6.54. The van der Waals surface area contributed by atoms with E-state index in [0.717, 1.165) is 6.07 Å². The van der Waals surface area contributed by atoms with Crippen LogP contribution in [0.3, 0.4) is 0 Å². The fourth-order valence-corrected chi connectivity index (χ4v) is 2.57. The Bertz CT molecular complexity index is 700.